The largest absolute Gasteiger partial charge is 0.461 e. The Morgan fingerprint density at radius 3 is 2.80 bits per heavy atom. The summed E-state index contributed by atoms with van der Waals surface area (Å²) in [4.78, 5) is 18.5. The lowest BCUT2D eigenvalue weighted by molar-refractivity contribution is 0.107. The molecule has 12 heteroatoms. The number of nitrogens with one attached hydrogen (secondary N) is 2. The van der Waals surface area contributed by atoms with Gasteiger partial charge in [-0.05, 0) is 50.8 Å². The van der Waals surface area contributed by atoms with Gasteiger partial charge >= 0.3 is 6.01 Å². The maximum Gasteiger partial charge on any atom is 0.319 e. The van der Waals surface area contributed by atoms with Gasteiger partial charge in [-0.15, -0.1) is 0 Å². The van der Waals surface area contributed by atoms with E-state index in [4.69, 9.17) is 21.3 Å². The van der Waals surface area contributed by atoms with Crippen molar-refractivity contribution in [3.8, 4) is 17.3 Å². The van der Waals surface area contributed by atoms with E-state index in [1.807, 2.05) is 6.92 Å². The van der Waals surface area contributed by atoms with E-state index in [0.717, 1.165) is 50.7 Å². The smallest absolute Gasteiger partial charge is 0.319 e. The number of aromatic nitrogens is 5. The molecule has 4 aliphatic rings. The highest BCUT2D eigenvalue weighted by molar-refractivity contribution is 6.32. The number of H-pyrrole nitrogens is 1. The molecule has 41 heavy (non-hydrogen) atoms. The number of piperazine rings is 1. The van der Waals surface area contributed by atoms with Crippen molar-refractivity contribution >= 4 is 39.2 Å². The van der Waals surface area contributed by atoms with Gasteiger partial charge in [0.1, 0.15) is 29.8 Å². The summed E-state index contributed by atoms with van der Waals surface area (Å²) < 4.78 is 37.3. The van der Waals surface area contributed by atoms with E-state index in [-0.39, 0.29) is 29.4 Å². The second-order valence-corrected chi connectivity index (χ2v) is 12.5. The van der Waals surface area contributed by atoms with E-state index in [1.54, 1.807) is 18.5 Å². The zero-order valence-corrected chi connectivity index (χ0v) is 23.5. The summed E-state index contributed by atoms with van der Waals surface area (Å²) >= 11 is 6.53. The third kappa shape index (κ3) is 4.07. The molecule has 3 aromatic heterocycles. The van der Waals surface area contributed by atoms with Crippen molar-refractivity contribution in [3.05, 3.63) is 34.9 Å². The summed E-state index contributed by atoms with van der Waals surface area (Å²) in [5.41, 5.74) is 1.91. The molecule has 0 aliphatic carbocycles. The summed E-state index contributed by atoms with van der Waals surface area (Å²) in [6, 6.07) is 2.60. The van der Waals surface area contributed by atoms with Gasteiger partial charge in [0.05, 0.1) is 22.6 Å². The van der Waals surface area contributed by atoms with Crippen LogP contribution in [-0.4, -0.2) is 86.6 Å². The van der Waals surface area contributed by atoms with Crippen molar-refractivity contribution in [1.82, 2.24) is 35.4 Å². The molecule has 4 fully saturated rings. The Hall–Kier alpha value is -3.15. The number of aromatic amines is 1. The Bertz CT molecular complexity index is 1670. The maximum absolute atomic E-state index is 16.6. The predicted molar refractivity (Wildman–Crippen MR) is 153 cm³/mol. The molecule has 214 valence electrons. The second-order valence-electron chi connectivity index (χ2n) is 12.1. The Balaban J connectivity index is 1.25. The van der Waals surface area contributed by atoms with E-state index in [1.165, 1.54) is 0 Å². The minimum atomic E-state index is -0.866. The van der Waals surface area contributed by atoms with Gasteiger partial charge in [0.15, 0.2) is 5.82 Å². The van der Waals surface area contributed by atoms with E-state index < -0.39 is 12.0 Å². The van der Waals surface area contributed by atoms with Crippen molar-refractivity contribution in [2.45, 2.75) is 62.8 Å². The summed E-state index contributed by atoms with van der Waals surface area (Å²) in [6.45, 7) is 4.93. The lowest BCUT2D eigenvalue weighted by atomic mass is 9.95. The van der Waals surface area contributed by atoms with Crippen LogP contribution >= 0.6 is 11.6 Å². The minimum absolute atomic E-state index is 0.106. The average molecular weight is 581 g/mol. The van der Waals surface area contributed by atoms with E-state index in [0.29, 0.717) is 57.9 Å². The van der Waals surface area contributed by atoms with Crippen LogP contribution in [0, 0.1) is 12.7 Å². The van der Waals surface area contributed by atoms with Gasteiger partial charge in [-0.3, -0.25) is 15.0 Å². The van der Waals surface area contributed by atoms with Crippen LogP contribution in [0.1, 0.15) is 37.7 Å². The molecule has 2 bridgehead atoms. The van der Waals surface area contributed by atoms with Crippen LogP contribution in [0.25, 0.3) is 33.1 Å². The number of rotatable bonds is 5. The number of pyridine rings is 1. The topological polar surface area (TPSA) is 95.1 Å². The Kier molecular flexibility index (Phi) is 5.88. The molecule has 4 atom stereocenters. The summed E-state index contributed by atoms with van der Waals surface area (Å²) in [5.74, 6) is 0.0560. The number of anilines is 1. The number of fused-ring (bicyclic) bond motifs is 5. The fraction of sp³-hybridized carbons (Fsp3) is 0.517. The van der Waals surface area contributed by atoms with Crippen molar-refractivity contribution in [2.24, 2.45) is 0 Å². The molecule has 2 unspecified atom stereocenters. The van der Waals surface area contributed by atoms with Crippen LogP contribution in [0.4, 0.5) is 14.6 Å². The summed E-state index contributed by atoms with van der Waals surface area (Å²) in [5, 5.41) is 12.5. The first-order valence-electron chi connectivity index (χ1n) is 14.4. The third-order valence-electron chi connectivity index (χ3n) is 9.57. The zero-order valence-electron chi connectivity index (χ0n) is 22.8. The first kappa shape index (κ1) is 25.6. The molecule has 8 rings (SSSR count). The van der Waals surface area contributed by atoms with Crippen LogP contribution in [0.2, 0.25) is 5.02 Å². The van der Waals surface area contributed by atoms with E-state index >= 15 is 4.39 Å². The van der Waals surface area contributed by atoms with Crippen molar-refractivity contribution in [1.29, 1.82) is 0 Å². The van der Waals surface area contributed by atoms with E-state index in [2.05, 4.69) is 35.3 Å². The highest BCUT2D eigenvalue weighted by atomic mass is 35.5. The first-order valence-corrected chi connectivity index (χ1v) is 14.8. The van der Waals surface area contributed by atoms with Crippen LogP contribution in [-0.2, 0) is 0 Å². The van der Waals surface area contributed by atoms with Crippen molar-refractivity contribution < 1.29 is 13.5 Å². The monoisotopic (exact) mass is 580 g/mol. The summed E-state index contributed by atoms with van der Waals surface area (Å²) in [7, 11) is 0. The van der Waals surface area contributed by atoms with Crippen LogP contribution < -0.4 is 15.0 Å². The molecule has 0 spiro atoms. The number of halogens is 3. The molecule has 9 nitrogen and oxygen atoms in total. The Labute approximate surface area is 240 Å². The maximum atomic E-state index is 16.6. The van der Waals surface area contributed by atoms with Gasteiger partial charge in [-0.25, -0.2) is 8.78 Å². The average Bonchev–Trinajstić information content (AvgIpc) is 3.72. The second kappa shape index (κ2) is 9.43. The number of hydrogen-bond donors (Lipinski definition) is 2. The molecular weight excluding hydrogens is 550 g/mol. The number of hydrogen-bond acceptors (Lipinski definition) is 8. The fourth-order valence-corrected chi connectivity index (χ4v) is 7.79. The molecule has 4 aliphatic heterocycles. The molecule has 4 saturated heterocycles. The molecule has 7 heterocycles. The van der Waals surface area contributed by atoms with Crippen LogP contribution in [0.3, 0.4) is 0 Å². The molecule has 2 N–H and O–H groups in total. The first-order chi connectivity index (χ1) is 19.9. The van der Waals surface area contributed by atoms with Gasteiger partial charge in [0.2, 0.25) is 0 Å². The van der Waals surface area contributed by atoms with Gasteiger partial charge in [-0.2, -0.15) is 15.1 Å². The van der Waals surface area contributed by atoms with Gasteiger partial charge in [0, 0.05) is 60.3 Å². The standard InChI is InChI=1S/C29H31ClF2N8O/c1-15-21(30)7-22-19(10-34-38-22)23(15)26-24(32)25-20(9-33-26)27(39-12-17-3-4-18(13-39)35-17)37-28(36-25)41-14-29-5-2-6-40(29)11-16(31)8-29/h7,9-10,16-18,35H,2-6,8,11-14H2,1H3,(H,34,38)/t16-,17?,18?,29+/m1/s1. The Morgan fingerprint density at radius 2 is 1.98 bits per heavy atom. The van der Waals surface area contributed by atoms with Crippen molar-refractivity contribution in [3.63, 3.8) is 0 Å². The quantitative estimate of drug-likeness (QED) is 0.355. The highest BCUT2D eigenvalue weighted by Gasteiger charge is 2.49. The number of ether oxygens (including phenoxy) is 1. The molecular formula is C29H31ClF2N8O. The molecule has 4 aromatic rings. The number of alkyl halides is 1. The number of benzene rings is 1. The minimum Gasteiger partial charge on any atom is -0.461 e. The third-order valence-corrected chi connectivity index (χ3v) is 9.96. The fourth-order valence-electron chi connectivity index (χ4n) is 7.59. The normalized spacial score (nSPS) is 27.8. The lowest BCUT2D eigenvalue weighted by Crippen LogP contribution is -2.51. The predicted octanol–water partition coefficient (Wildman–Crippen LogP) is 4.56. The van der Waals surface area contributed by atoms with Gasteiger partial charge in [0.25, 0.3) is 0 Å². The highest BCUT2D eigenvalue weighted by Crippen LogP contribution is 2.42. The van der Waals surface area contributed by atoms with Gasteiger partial charge < -0.3 is 15.0 Å². The molecule has 0 saturated carbocycles. The zero-order chi connectivity index (χ0) is 27.9. The van der Waals surface area contributed by atoms with Gasteiger partial charge in [-0.1, -0.05) is 11.6 Å². The molecule has 0 amide bonds. The van der Waals surface area contributed by atoms with Crippen molar-refractivity contribution in [2.75, 3.05) is 37.7 Å². The van der Waals surface area contributed by atoms with Crippen LogP contribution in [0.15, 0.2) is 18.5 Å². The number of nitrogens with zero attached hydrogens (tertiary/aromatic N) is 6. The molecule has 0 radical (unpaired) electrons. The SMILES string of the molecule is Cc1c(Cl)cc2[nH]ncc2c1-c1ncc2c(N3CC4CCC(C3)N4)nc(OC[C@@]34CCCN3C[C@H](F)C4)nc2c1F. The van der Waals surface area contributed by atoms with Crippen LogP contribution in [0.5, 0.6) is 6.01 Å². The Morgan fingerprint density at radius 1 is 1.15 bits per heavy atom. The summed E-state index contributed by atoms with van der Waals surface area (Å²) in [6.07, 6.45) is 6.96. The molecule has 1 aromatic carbocycles. The van der Waals surface area contributed by atoms with E-state index in [9.17, 15) is 4.39 Å². The lowest BCUT2D eigenvalue weighted by Gasteiger charge is -2.34.